The van der Waals surface area contributed by atoms with E-state index < -0.39 is 17.6 Å². The van der Waals surface area contributed by atoms with Crippen LogP contribution in [-0.2, 0) is 17.6 Å². The molecule has 0 bridgehead atoms. The van der Waals surface area contributed by atoms with Crippen LogP contribution in [0.4, 0.5) is 8.78 Å². The Labute approximate surface area is 184 Å². The minimum Gasteiger partial charge on any atom is -0.493 e. The van der Waals surface area contributed by atoms with Crippen molar-refractivity contribution in [2.45, 2.75) is 26.2 Å². The summed E-state index contributed by atoms with van der Waals surface area (Å²) in [7, 11) is 3.95. The Kier molecular flexibility index (Phi) is 7.58. The third kappa shape index (κ3) is 5.70. The molecule has 0 saturated carbocycles. The number of hydrogen-bond donors (Lipinski definition) is 0. The zero-order valence-electron chi connectivity index (χ0n) is 18.4. The maximum Gasteiger partial charge on any atom is 0.329 e. The van der Waals surface area contributed by atoms with E-state index in [9.17, 15) is 18.4 Å². The van der Waals surface area contributed by atoms with Crippen molar-refractivity contribution in [2.24, 2.45) is 0 Å². The summed E-state index contributed by atoms with van der Waals surface area (Å²) in [6, 6.07) is 10.3. The van der Waals surface area contributed by atoms with Crippen molar-refractivity contribution in [3.63, 3.8) is 0 Å². The highest BCUT2D eigenvalue weighted by Gasteiger charge is 2.15. The number of carbonyl (C=O) groups excluding carboxylic acids is 1. The molecule has 0 saturated heterocycles. The summed E-state index contributed by atoms with van der Waals surface area (Å²) in [5.74, 6) is -1.91. The maximum atomic E-state index is 14.0. The van der Waals surface area contributed by atoms with E-state index in [0.29, 0.717) is 29.0 Å². The molecule has 0 spiro atoms. The van der Waals surface area contributed by atoms with Gasteiger partial charge in [0.15, 0.2) is 17.1 Å². The average Bonchev–Trinajstić information content (AvgIpc) is 2.74. The van der Waals surface area contributed by atoms with Gasteiger partial charge in [-0.1, -0.05) is 12.1 Å². The van der Waals surface area contributed by atoms with Gasteiger partial charge in [0.05, 0.1) is 17.8 Å². The second kappa shape index (κ2) is 10.4. The molecule has 8 heteroatoms. The molecular formula is C24H26F2N2O4. The zero-order valence-corrected chi connectivity index (χ0v) is 18.4. The molecule has 170 valence electrons. The molecule has 6 nitrogen and oxygen atoms in total. The number of ether oxygens (including phenoxy) is 1. The van der Waals surface area contributed by atoms with Gasteiger partial charge in [-0.2, -0.15) is 4.73 Å². The molecule has 0 unspecified atom stereocenters. The fourth-order valence-corrected chi connectivity index (χ4v) is 3.41. The molecule has 3 rings (SSSR count). The van der Waals surface area contributed by atoms with Crippen molar-refractivity contribution < 1.29 is 23.1 Å². The smallest absolute Gasteiger partial charge is 0.329 e. The summed E-state index contributed by atoms with van der Waals surface area (Å²) >= 11 is 0. The Bertz CT molecular complexity index is 1170. The number of hydrogen-bond acceptors (Lipinski definition) is 5. The van der Waals surface area contributed by atoms with Crippen molar-refractivity contribution in [3.8, 4) is 5.75 Å². The van der Waals surface area contributed by atoms with Crippen LogP contribution in [0, 0.1) is 11.6 Å². The molecule has 0 radical (unpaired) electrons. The van der Waals surface area contributed by atoms with Crippen LogP contribution in [-0.4, -0.2) is 42.8 Å². The summed E-state index contributed by atoms with van der Waals surface area (Å²) < 4.78 is 34.6. The lowest BCUT2D eigenvalue weighted by molar-refractivity contribution is -0.141. The first kappa shape index (κ1) is 23.4. The Balaban J connectivity index is 1.95. The molecule has 0 N–H and O–H groups in total. The molecule has 3 aromatic rings. The highest BCUT2D eigenvalue weighted by Crippen LogP contribution is 2.21. The quantitative estimate of drug-likeness (QED) is 0.474. The number of benzene rings is 2. The van der Waals surface area contributed by atoms with Gasteiger partial charge in [-0.15, -0.1) is 0 Å². The summed E-state index contributed by atoms with van der Waals surface area (Å²) in [6.45, 7) is 2.61. The van der Waals surface area contributed by atoms with Gasteiger partial charge < -0.3 is 14.5 Å². The standard InChI is InChI=1S/C24H26F2N2O4/c1-16(29)32-28-18(9-8-17-6-4-7-21(25)24(17)26)14-23(30)20-11-10-19(15-22(20)28)31-13-5-12-27(2)3/h4,6-7,10-11,14-15H,5,8-9,12-13H2,1-3H3. The van der Waals surface area contributed by atoms with Gasteiger partial charge in [-0.25, -0.2) is 13.6 Å². The molecule has 0 amide bonds. The number of aromatic nitrogens is 1. The second-order valence-corrected chi connectivity index (χ2v) is 7.77. The van der Waals surface area contributed by atoms with Crippen molar-refractivity contribution in [1.82, 2.24) is 9.63 Å². The first-order valence-electron chi connectivity index (χ1n) is 10.3. The summed E-state index contributed by atoms with van der Waals surface area (Å²) in [6.07, 6.45) is 1.10. The van der Waals surface area contributed by atoms with Crippen LogP contribution in [0.5, 0.6) is 5.75 Å². The maximum absolute atomic E-state index is 14.0. The van der Waals surface area contributed by atoms with Crippen LogP contribution in [0.15, 0.2) is 47.3 Å². The number of halogens is 2. The fraction of sp³-hybridized carbons (Fsp3) is 0.333. The average molecular weight is 444 g/mol. The molecule has 0 atom stereocenters. The van der Waals surface area contributed by atoms with Gasteiger partial charge in [0.1, 0.15) is 5.75 Å². The van der Waals surface area contributed by atoms with Gasteiger partial charge in [-0.3, -0.25) is 4.79 Å². The molecule has 0 aliphatic carbocycles. The summed E-state index contributed by atoms with van der Waals surface area (Å²) in [5, 5.41) is 0.354. The predicted octanol–water partition coefficient (Wildman–Crippen LogP) is 3.37. The van der Waals surface area contributed by atoms with E-state index in [1.807, 2.05) is 14.1 Å². The Morgan fingerprint density at radius 2 is 1.88 bits per heavy atom. The number of pyridine rings is 1. The third-order valence-electron chi connectivity index (χ3n) is 4.93. The van der Waals surface area contributed by atoms with Gasteiger partial charge >= 0.3 is 5.97 Å². The lowest BCUT2D eigenvalue weighted by Gasteiger charge is -2.16. The summed E-state index contributed by atoms with van der Waals surface area (Å²) in [4.78, 5) is 31.9. The highest BCUT2D eigenvalue weighted by molar-refractivity contribution is 5.81. The topological polar surface area (TPSA) is 60.8 Å². The fourth-order valence-electron chi connectivity index (χ4n) is 3.41. The van der Waals surface area contributed by atoms with Gasteiger partial charge in [0.2, 0.25) is 0 Å². The van der Waals surface area contributed by atoms with Crippen LogP contribution < -0.4 is 15.0 Å². The summed E-state index contributed by atoms with van der Waals surface area (Å²) in [5.41, 5.74) is 0.640. The monoisotopic (exact) mass is 444 g/mol. The third-order valence-corrected chi connectivity index (χ3v) is 4.93. The predicted molar refractivity (Wildman–Crippen MR) is 118 cm³/mol. The lowest BCUT2D eigenvalue weighted by atomic mass is 10.1. The van der Waals surface area contributed by atoms with Crippen LogP contribution in [0.3, 0.4) is 0 Å². The SMILES string of the molecule is CC(=O)On1c(CCc2cccc(F)c2F)cc(=O)c2ccc(OCCCN(C)C)cc21. The molecule has 1 heterocycles. The minimum atomic E-state index is -0.936. The molecule has 32 heavy (non-hydrogen) atoms. The molecule has 2 aromatic carbocycles. The van der Waals surface area contributed by atoms with Crippen LogP contribution >= 0.6 is 0 Å². The Morgan fingerprint density at radius 1 is 1.09 bits per heavy atom. The van der Waals surface area contributed by atoms with E-state index in [4.69, 9.17) is 9.57 Å². The van der Waals surface area contributed by atoms with E-state index in [0.717, 1.165) is 19.0 Å². The van der Waals surface area contributed by atoms with Crippen molar-refractivity contribution >= 4 is 16.9 Å². The van der Waals surface area contributed by atoms with Crippen molar-refractivity contribution in [1.29, 1.82) is 0 Å². The number of aryl methyl sites for hydroxylation is 2. The number of rotatable bonds is 9. The first-order valence-corrected chi connectivity index (χ1v) is 10.3. The van der Waals surface area contributed by atoms with E-state index in [-0.39, 0.29) is 23.8 Å². The molecular weight excluding hydrogens is 418 g/mol. The zero-order chi connectivity index (χ0) is 23.3. The molecule has 0 fully saturated rings. The largest absolute Gasteiger partial charge is 0.493 e. The van der Waals surface area contributed by atoms with E-state index in [1.165, 1.54) is 29.9 Å². The molecule has 0 aliphatic rings. The molecule has 0 aliphatic heterocycles. The first-order chi connectivity index (χ1) is 15.3. The number of nitrogens with zero attached hydrogens (tertiary/aromatic N) is 2. The van der Waals surface area contributed by atoms with E-state index >= 15 is 0 Å². The second-order valence-electron chi connectivity index (χ2n) is 7.77. The number of carbonyl (C=O) groups is 1. The van der Waals surface area contributed by atoms with Crippen LogP contribution in [0.25, 0.3) is 10.9 Å². The van der Waals surface area contributed by atoms with Crippen LogP contribution in [0.2, 0.25) is 0 Å². The van der Waals surface area contributed by atoms with Crippen LogP contribution in [0.1, 0.15) is 24.6 Å². The Hall–Kier alpha value is -3.26. The van der Waals surface area contributed by atoms with E-state index in [1.54, 1.807) is 18.2 Å². The van der Waals surface area contributed by atoms with Crippen molar-refractivity contribution in [2.75, 3.05) is 27.2 Å². The normalized spacial score (nSPS) is 11.2. The van der Waals surface area contributed by atoms with Gasteiger partial charge in [0, 0.05) is 31.0 Å². The Morgan fingerprint density at radius 3 is 2.59 bits per heavy atom. The highest BCUT2D eigenvalue weighted by atomic mass is 19.2. The number of fused-ring (bicyclic) bond motifs is 1. The molecule has 1 aromatic heterocycles. The lowest BCUT2D eigenvalue weighted by Crippen LogP contribution is -2.24. The van der Waals surface area contributed by atoms with E-state index in [2.05, 4.69) is 4.90 Å². The van der Waals surface area contributed by atoms with Crippen molar-refractivity contribution in [3.05, 3.63) is 75.6 Å². The van der Waals surface area contributed by atoms with Gasteiger partial charge in [-0.05, 0) is 57.1 Å². The minimum absolute atomic E-state index is 0.122. The van der Waals surface area contributed by atoms with Gasteiger partial charge in [0.25, 0.3) is 0 Å².